The summed E-state index contributed by atoms with van der Waals surface area (Å²) >= 11 is 0. The van der Waals surface area contributed by atoms with Crippen LogP contribution in [0.15, 0.2) is 0 Å². The van der Waals surface area contributed by atoms with Gasteiger partial charge in [0.15, 0.2) is 0 Å². The average molecular weight is 281 g/mol. The van der Waals surface area contributed by atoms with Gasteiger partial charge in [-0.2, -0.15) is 0 Å². The second-order valence-corrected chi connectivity index (χ2v) is 7.13. The Labute approximate surface area is 109 Å². The van der Waals surface area contributed by atoms with Gasteiger partial charge in [0.25, 0.3) is 0 Å². The number of sulfonamides is 1. The van der Waals surface area contributed by atoms with E-state index in [-0.39, 0.29) is 18.6 Å². The molecule has 0 atom stereocenters. The molecule has 0 amide bonds. The number of methoxy groups -OCH3 is 1. The van der Waals surface area contributed by atoms with Crippen LogP contribution in [0.25, 0.3) is 0 Å². The average Bonchev–Trinajstić information content (AvgIpc) is 2.13. The SMILES string of the molecule is COC(=O)CCCS(=O)(=O)NC(C)(C)C(C)(C)O. The Balaban J connectivity index is 4.46. The number of nitrogens with one attached hydrogen (secondary N) is 1. The summed E-state index contributed by atoms with van der Waals surface area (Å²) in [6.07, 6.45) is 0.240. The lowest BCUT2D eigenvalue weighted by atomic mass is 9.87. The van der Waals surface area contributed by atoms with Gasteiger partial charge >= 0.3 is 5.97 Å². The zero-order valence-electron chi connectivity index (χ0n) is 11.6. The first-order valence-electron chi connectivity index (χ1n) is 5.72. The fourth-order valence-corrected chi connectivity index (χ4v) is 2.73. The van der Waals surface area contributed by atoms with Crippen molar-refractivity contribution in [2.75, 3.05) is 12.9 Å². The van der Waals surface area contributed by atoms with E-state index >= 15 is 0 Å². The molecule has 0 radical (unpaired) electrons. The van der Waals surface area contributed by atoms with E-state index in [4.69, 9.17) is 0 Å². The Hall–Kier alpha value is -0.660. The number of rotatable bonds is 7. The van der Waals surface area contributed by atoms with Crippen molar-refractivity contribution in [3.05, 3.63) is 0 Å². The van der Waals surface area contributed by atoms with Gasteiger partial charge in [0.05, 0.1) is 24.0 Å². The molecule has 0 unspecified atom stereocenters. The smallest absolute Gasteiger partial charge is 0.305 e. The minimum absolute atomic E-state index is 0.0559. The van der Waals surface area contributed by atoms with Crippen LogP contribution in [-0.4, -0.2) is 43.5 Å². The third-order valence-electron chi connectivity index (χ3n) is 2.96. The molecule has 0 aliphatic rings. The lowest BCUT2D eigenvalue weighted by Gasteiger charge is -2.37. The Bertz CT molecular complexity index is 381. The second-order valence-electron chi connectivity index (χ2n) is 5.28. The van der Waals surface area contributed by atoms with Crippen molar-refractivity contribution < 1.29 is 23.1 Å². The Kier molecular flexibility index (Phi) is 5.77. The first-order chi connectivity index (χ1) is 7.91. The summed E-state index contributed by atoms with van der Waals surface area (Å²) < 4.78 is 30.4. The van der Waals surface area contributed by atoms with Crippen LogP contribution in [0.3, 0.4) is 0 Å². The van der Waals surface area contributed by atoms with Gasteiger partial charge < -0.3 is 9.84 Å². The van der Waals surface area contributed by atoms with Gasteiger partial charge in [0, 0.05) is 6.42 Å². The van der Waals surface area contributed by atoms with Gasteiger partial charge in [-0.3, -0.25) is 4.79 Å². The third kappa shape index (κ3) is 5.79. The molecule has 0 saturated heterocycles. The predicted molar refractivity (Wildman–Crippen MR) is 68.5 cm³/mol. The molecule has 0 heterocycles. The first-order valence-corrected chi connectivity index (χ1v) is 7.37. The summed E-state index contributed by atoms with van der Waals surface area (Å²) in [5.41, 5.74) is -2.18. The minimum atomic E-state index is -3.54. The van der Waals surface area contributed by atoms with Crippen molar-refractivity contribution in [2.24, 2.45) is 0 Å². The van der Waals surface area contributed by atoms with E-state index in [1.165, 1.54) is 21.0 Å². The highest BCUT2D eigenvalue weighted by Gasteiger charge is 2.38. The molecular weight excluding hydrogens is 258 g/mol. The van der Waals surface area contributed by atoms with Gasteiger partial charge in [-0.1, -0.05) is 0 Å². The Morgan fingerprint density at radius 1 is 1.28 bits per heavy atom. The maximum atomic E-state index is 11.8. The van der Waals surface area contributed by atoms with Gasteiger partial charge in [-0.15, -0.1) is 0 Å². The molecule has 2 N–H and O–H groups in total. The number of carbonyl (C=O) groups excluding carboxylic acids is 1. The highest BCUT2D eigenvalue weighted by atomic mass is 32.2. The molecule has 7 heteroatoms. The summed E-state index contributed by atoms with van der Waals surface area (Å²) in [6, 6.07) is 0. The standard InChI is InChI=1S/C11H23NO5S/c1-10(2,11(3,4)14)12-18(15,16)8-6-7-9(13)17-5/h12,14H,6-8H2,1-5H3. The number of aliphatic hydroxyl groups is 1. The minimum Gasteiger partial charge on any atom is -0.469 e. The highest BCUT2D eigenvalue weighted by molar-refractivity contribution is 7.89. The molecule has 0 bridgehead atoms. The summed E-state index contributed by atoms with van der Waals surface area (Å²) in [5, 5.41) is 9.86. The second kappa shape index (κ2) is 5.99. The molecule has 0 rings (SSSR count). The molecule has 108 valence electrons. The molecule has 0 fully saturated rings. The van der Waals surface area contributed by atoms with Crippen molar-refractivity contribution in [2.45, 2.75) is 51.7 Å². The van der Waals surface area contributed by atoms with Crippen LogP contribution >= 0.6 is 0 Å². The molecular formula is C11H23NO5S. The van der Waals surface area contributed by atoms with Crippen LogP contribution in [-0.2, 0) is 19.6 Å². The van der Waals surface area contributed by atoms with Crippen molar-refractivity contribution in [1.82, 2.24) is 4.72 Å². The van der Waals surface area contributed by atoms with Crippen LogP contribution in [0.5, 0.6) is 0 Å². The van der Waals surface area contributed by atoms with Crippen LogP contribution in [0.4, 0.5) is 0 Å². The highest BCUT2D eigenvalue weighted by Crippen LogP contribution is 2.21. The third-order valence-corrected chi connectivity index (χ3v) is 4.61. The number of carbonyl (C=O) groups is 1. The normalized spacial score (nSPS) is 13.4. The molecule has 0 aliphatic carbocycles. The zero-order valence-corrected chi connectivity index (χ0v) is 12.4. The summed E-state index contributed by atoms with van der Waals surface area (Å²) in [7, 11) is -2.29. The van der Waals surface area contributed by atoms with E-state index in [0.717, 1.165) is 0 Å². The largest absolute Gasteiger partial charge is 0.469 e. The van der Waals surface area contributed by atoms with E-state index in [2.05, 4.69) is 9.46 Å². The number of hydrogen-bond donors (Lipinski definition) is 2. The molecule has 0 spiro atoms. The lowest BCUT2D eigenvalue weighted by molar-refractivity contribution is -0.140. The van der Waals surface area contributed by atoms with E-state index < -0.39 is 27.1 Å². The quantitative estimate of drug-likeness (QED) is 0.659. The maximum Gasteiger partial charge on any atom is 0.305 e. The van der Waals surface area contributed by atoms with Crippen molar-refractivity contribution >= 4 is 16.0 Å². The fraction of sp³-hybridized carbons (Fsp3) is 0.909. The van der Waals surface area contributed by atoms with Gasteiger partial charge in [-0.25, -0.2) is 13.1 Å². The van der Waals surface area contributed by atoms with Gasteiger partial charge in [0.2, 0.25) is 10.0 Å². The van der Waals surface area contributed by atoms with Crippen molar-refractivity contribution in [3.8, 4) is 0 Å². The van der Waals surface area contributed by atoms with Gasteiger partial charge in [0.1, 0.15) is 0 Å². The van der Waals surface area contributed by atoms with Crippen LogP contribution in [0.1, 0.15) is 40.5 Å². The number of ether oxygens (including phenoxy) is 1. The fourth-order valence-electron chi connectivity index (χ4n) is 1.07. The monoisotopic (exact) mass is 281 g/mol. The summed E-state index contributed by atoms with van der Waals surface area (Å²) in [6.45, 7) is 6.27. The molecule has 0 aromatic carbocycles. The topological polar surface area (TPSA) is 92.7 Å². The Morgan fingerprint density at radius 3 is 2.17 bits per heavy atom. The first kappa shape index (κ1) is 17.3. The molecule has 0 aromatic rings. The lowest BCUT2D eigenvalue weighted by Crippen LogP contribution is -2.58. The Morgan fingerprint density at radius 2 is 1.78 bits per heavy atom. The summed E-state index contributed by atoms with van der Waals surface area (Å²) in [5.74, 6) is -0.617. The molecule has 18 heavy (non-hydrogen) atoms. The number of hydrogen-bond acceptors (Lipinski definition) is 5. The molecule has 0 aliphatic heterocycles. The molecule has 6 nitrogen and oxygen atoms in total. The van der Waals surface area contributed by atoms with Crippen LogP contribution < -0.4 is 4.72 Å². The van der Waals surface area contributed by atoms with E-state index in [1.54, 1.807) is 13.8 Å². The maximum absolute atomic E-state index is 11.8. The molecule has 0 saturated carbocycles. The van der Waals surface area contributed by atoms with E-state index in [9.17, 15) is 18.3 Å². The van der Waals surface area contributed by atoms with Crippen molar-refractivity contribution in [1.29, 1.82) is 0 Å². The van der Waals surface area contributed by atoms with Crippen LogP contribution in [0, 0.1) is 0 Å². The van der Waals surface area contributed by atoms with Gasteiger partial charge in [-0.05, 0) is 34.1 Å². The molecule has 0 aromatic heterocycles. The van der Waals surface area contributed by atoms with E-state index in [1.807, 2.05) is 0 Å². The van der Waals surface area contributed by atoms with Crippen LogP contribution in [0.2, 0.25) is 0 Å². The summed E-state index contributed by atoms with van der Waals surface area (Å²) in [4.78, 5) is 10.9. The number of esters is 1. The van der Waals surface area contributed by atoms with Crippen molar-refractivity contribution in [3.63, 3.8) is 0 Å². The predicted octanol–water partition coefficient (Wildman–Crippen LogP) is 0.408. The zero-order chi connectivity index (χ0) is 14.6. The van der Waals surface area contributed by atoms with E-state index in [0.29, 0.717) is 0 Å².